The Morgan fingerprint density at radius 3 is 2.16 bits per heavy atom. The van der Waals surface area contributed by atoms with Gasteiger partial charge in [0.2, 0.25) is 23.1 Å². The van der Waals surface area contributed by atoms with Gasteiger partial charge >= 0.3 is 12.4 Å². The number of aromatic nitrogens is 2. The van der Waals surface area contributed by atoms with Crippen LogP contribution in [-0.2, 0) is 18.8 Å². The number of rotatable bonds is 1. The highest BCUT2D eigenvalue weighted by Gasteiger charge is 2.50. The Morgan fingerprint density at radius 1 is 0.682 bits per heavy atom. The van der Waals surface area contributed by atoms with Crippen LogP contribution in [0.3, 0.4) is 0 Å². The van der Waals surface area contributed by atoms with Crippen molar-refractivity contribution < 1.29 is 35.5 Å². The van der Waals surface area contributed by atoms with Crippen molar-refractivity contribution >= 4 is 5.70 Å². The van der Waals surface area contributed by atoms with Gasteiger partial charge < -0.3 is 0 Å². The second-order valence-corrected chi connectivity index (χ2v) is 11.2. The van der Waals surface area contributed by atoms with E-state index in [1.807, 2.05) is 66.9 Å². The average molecular weight is 601 g/mol. The quantitative estimate of drug-likeness (QED) is 0.134. The zero-order valence-electron chi connectivity index (χ0n) is 23.3. The van der Waals surface area contributed by atoms with Crippen LogP contribution in [0.2, 0.25) is 0 Å². The summed E-state index contributed by atoms with van der Waals surface area (Å²) in [5.41, 5.74) is 1.13. The predicted molar refractivity (Wildman–Crippen MR) is 155 cm³/mol. The van der Waals surface area contributed by atoms with Gasteiger partial charge in [-0.25, -0.2) is 0 Å². The van der Waals surface area contributed by atoms with Crippen LogP contribution in [0, 0.1) is 0 Å². The lowest BCUT2D eigenvalue weighted by Crippen LogP contribution is -2.53. The summed E-state index contributed by atoms with van der Waals surface area (Å²) in [7, 11) is 0. The van der Waals surface area contributed by atoms with E-state index in [0.717, 1.165) is 22.4 Å². The molecule has 0 amide bonds. The van der Waals surface area contributed by atoms with Crippen molar-refractivity contribution in [3.05, 3.63) is 138 Å². The lowest BCUT2D eigenvalue weighted by atomic mass is 9.78. The van der Waals surface area contributed by atoms with E-state index in [0.29, 0.717) is 23.7 Å². The zero-order valence-corrected chi connectivity index (χ0v) is 23.3. The lowest BCUT2D eigenvalue weighted by Gasteiger charge is -2.29. The van der Waals surface area contributed by atoms with E-state index in [4.69, 9.17) is 0 Å². The van der Waals surface area contributed by atoms with Crippen LogP contribution in [0.15, 0.2) is 116 Å². The third kappa shape index (κ3) is 4.51. The molecule has 2 aliphatic heterocycles. The van der Waals surface area contributed by atoms with Crippen LogP contribution >= 0.6 is 0 Å². The van der Waals surface area contributed by atoms with Gasteiger partial charge in [-0.1, -0.05) is 54.6 Å². The van der Waals surface area contributed by atoms with E-state index in [2.05, 4.69) is 11.1 Å². The molecule has 44 heavy (non-hydrogen) atoms. The van der Waals surface area contributed by atoms with Gasteiger partial charge in [0.25, 0.3) is 0 Å². The highest BCUT2D eigenvalue weighted by Crippen LogP contribution is 2.49. The van der Waals surface area contributed by atoms with E-state index in [-0.39, 0.29) is 23.6 Å². The molecule has 8 heteroatoms. The summed E-state index contributed by atoms with van der Waals surface area (Å²) in [4.78, 5) is 0. The molecule has 0 saturated carbocycles. The number of pyridine rings is 2. The van der Waals surface area contributed by atoms with Crippen molar-refractivity contribution in [1.29, 1.82) is 0 Å². The molecular formula is C36H26F6N2+2. The molecule has 5 aromatic rings. The first-order chi connectivity index (χ1) is 21.0. The topological polar surface area (TPSA) is 7.76 Å². The minimum Gasteiger partial charge on any atom is -0.184 e. The largest absolute Gasteiger partial charge is 0.417 e. The Hall–Kier alpha value is -4.72. The summed E-state index contributed by atoms with van der Waals surface area (Å²) < 4.78 is 91.0. The fourth-order valence-electron chi connectivity index (χ4n) is 6.93. The van der Waals surface area contributed by atoms with E-state index >= 15 is 0 Å². The number of halogens is 6. The van der Waals surface area contributed by atoms with Gasteiger partial charge in [0.05, 0.1) is 22.6 Å². The second kappa shape index (κ2) is 10.2. The maximum absolute atomic E-state index is 14.9. The van der Waals surface area contributed by atoms with Crippen LogP contribution < -0.4 is 9.13 Å². The van der Waals surface area contributed by atoms with Crippen molar-refractivity contribution in [2.75, 3.05) is 0 Å². The summed E-state index contributed by atoms with van der Waals surface area (Å²) >= 11 is 0. The molecule has 2 aliphatic rings. The molecule has 3 aromatic carbocycles. The Labute approximate surface area is 250 Å². The van der Waals surface area contributed by atoms with Crippen LogP contribution in [-0.4, -0.2) is 0 Å². The summed E-state index contributed by atoms with van der Waals surface area (Å²) in [6.07, 6.45) is -6.38. The van der Waals surface area contributed by atoms with E-state index in [1.54, 1.807) is 35.0 Å². The second-order valence-electron chi connectivity index (χ2n) is 11.2. The van der Waals surface area contributed by atoms with Crippen LogP contribution in [0.4, 0.5) is 26.3 Å². The molecule has 0 bridgehead atoms. The van der Waals surface area contributed by atoms with Gasteiger partial charge in [-0.15, -0.1) is 0 Å². The smallest absolute Gasteiger partial charge is 0.184 e. The molecule has 2 nitrogen and oxygen atoms in total. The number of hydrogen-bond acceptors (Lipinski definition) is 0. The summed E-state index contributed by atoms with van der Waals surface area (Å²) in [6.45, 7) is 4.43. The summed E-state index contributed by atoms with van der Waals surface area (Å²) in [5, 5.41) is 0. The zero-order chi connectivity index (χ0) is 30.8. The Morgan fingerprint density at radius 2 is 1.41 bits per heavy atom. The number of nitrogens with zero attached hydrogens (tertiary/aromatic N) is 2. The van der Waals surface area contributed by atoms with Gasteiger partial charge in [-0.2, -0.15) is 35.5 Å². The van der Waals surface area contributed by atoms with E-state index in [9.17, 15) is 26.3 Å². The normalized spacial score (nSPS) is 17.6. The van der Waals surface area contributed by atoms with Crippen molar-refractivity contribution in [2.45, 2.75) is 37.2 Å². The number of alkyl halides is 6. The van der Waals surface area contributed by atoms with Crippen molar-refractivity contribution in [2.24, 2.45) is 0 Å². The number of benzene rings is 3. The average Bonchev–Trinajstić information content (AvgIpc) is 3.06. The SMILES string of the molecule is C=C1C2C(CCc3ccc(C(F)(F)F)c(C(F)(F)F)c3-c3cc(-c4ccccc4)cc[n+]31)c1ccccc1-c1cccc[n+]12. The van der Waals surface area contributed by atoms with Gasteiger partial charge in [0.15, 0.2) is 12.4 Å². The van der Waals surface area contributed by atoms with Crippen LogP contribution in [0.25, 0.3) is 39.3 Å². The first-order valence-electron chi connectivity index (χ1n) is 14.2. The standard InChI is InChI=1S/C36H26F6N2/c1-22-34-28(26-11-5-6-12-27(26)30-13-7-8-19-44(30)34)16-14-24-15-17-29(35(37,38)39)33(36(40,41)42)32(24)31-21-25(18-20-43(22)31)23-9-3-2-4-10-23/h2-13,15,17-21,28,34H,1,14,16H2/q+2. The molecule has 2 unspecified atom stereocenters. The van der Waals surface area contributed by atoms with Crippen molar-refractivity contribution in [3.8, 4) is 33.6 Å². The van der Waals surface area contributed by atoms with Gasteiger partial charge in [-0.3, -0.25) is 0 Å². The molecule has 0 saturated heterocycles. The summed E-state index contributed by atoms with van der Waals surface area (Å²) in [5.74, 6) is -0.199. The Bertz CT molecular complexity index is 1920. The fraction of sp³-hybridized carbons (Fsp3) is 0.167. The summed E-state index contributed by atoms with van der Waals surface area (Å²) in [6, 6.07) is 27.5. The first-order valence-corrected chi connectivity index (χ1v) is 14.2. The van der Waals surface area contributed by atoms with E-state index < -0.39 is 35.1 Å². The lowest BCUT2D eigenvalue weighted by molar-refractivity contribution is -0.727. The highest BCUT2D eigenvalue weighted by atomic mass is 19.4. The Balaban J connectivity index is 1.57. The minimum atomic E-state index is -5.27. The van der Waals surface area contributed by atoms with Crippen LogP contribution in [0.5, 0.6) is 0 Å². The molecule has 2 atom stereocenters. The molecule has 0 aliphatic carbocycles. The van der Waals surface area contributed by atoms with E-state index in [1.165, 1.54) is 6.07 Å². The molecule has 4 heterocycles. The first kappa shape index (κ1) is 28.1. The molecule has 0 fully saturated rings. The third-order valence-corrected chi connectivity index (χ3v) is 8.78. The molecular weight excluding hydrogens is 574 g/mol. The van der Waals surface area contributed by atoms with Gasteiger partial charge in [0.1, 0.15) is 0 Å². The highest BCUT2D eigenvalue weighted by molar-refractivity contribution is 5.75. The molecule has 0 N–H and O–H groups in total. The third-order valence-electron chi connectivity index (χ3n) is 8.78. The van der Waals surface area contributed by atoms with Crippen LogP contribution in [0.1, 0.15) is 40.6 Å². The molecule has 7 rings (SSSR count). The molecule has 220 valence electrons. The maximum atomic E-state index is 14.9. The van der Waals surface area contributed by atoms with Crippen molar-refractivity contribution in [3.63, 3.8) is 0 Å². The van der Waals surface area contributed by atoms with Crippen molar-refractivity contribution in [1.82, 2.24) is 0 Å². The number of hydrogen-bond donors (Lipinski definition) is 0. The van der Waals surface area contributed by atoms with Gasteiger partial charge in [-0.05, 0) is 59.9 Å². The predicted octanol–water partition coefficient (Wildman–Crippen LogP) is 9.06. The minimum absolute atomic E-state index is 0.0161. The maximum Gasteiger partial charge on any atom is 0.417 e. The monoisotopic (exact) mass is 600 g/mol. The number of allylic oxidation sites excluding steroid dienone is 1. The fourth-order valence-corrected chi connectivity index (χ4v) is 6.93. The number of fused-ring (bicyclic) bond motifs is 9. The number of aryl methyl sites for hydroxylation is 1. The molecule has 0 radical (unpaired) electrons. The Kier molecular flexibility index (Phi) is 6.50. The van der Waals surface area contributed by atoms with Gasteiger partial charge in [0, 0.05) is 29.8 Å². The molecule has 2 aromatic heterocycles. The molecule has 0 spiro atoms.